The molecule has 9 nitrogen and oxygen atoms in total. The van der Waals surface area contributed by atoms with E-state index in [1.54, 1.807) is 18.3 Å². The molecule has 30 heavy (non-hydrogen) atoms. The summed E-state index contributed by atoms with van der Waals surface area (Å²) in [4.78, 5) is 40.3. The standard InChI is InChI=1S/C20H21FN4O5/c1-12(2)30-18-6-3-13(9-22-18)10-23-20(27)14-7-19(26)24(11-14)15-4-5-16(21)17(8-15)25(28)29/h3-6,8-9,12,14H,7,10-11H2,1-2H3,(H,23,27). The number of ether oxygens (including phenoxy) is 1. The zero-order valence-electron chi connectivity index (χ0n) is 16.5. The smallest absolute Gasteiger partial charge is 0.306 e. The maximum atomic E-state index is 13.5. The fraction of sp³-hybridized carbons (Fsp3) is 0.350. The highest BCUT2D eigenvalue weighted by molar-refractivity contribution is 6.00. The van der Waals surface area contributed by atoms with Gasteiger partial charge in [0, 0.05) is 37.8 Å². The number of halogens is 1. The summed E-state index contributed by atoms with van der Waals surface area (Å²) in [6, 6.07) is 6.72. The minimum absolute atomic E-state index is 0.00782. The van der Waals surface area contributed by atoms with Crippen LogP contribution in [0.25, 0.3) is 0 Å². The summed E-state index contributed by atoms with van der Waals surface area (Å²) in [5.41, 5.74) is 0.244. The molecule has 0 aliphatic carbocycles. The van der Waals surface area contributed by atoms with Crippen molar-refractivity contribution >= 4 is 23.2 Å². The fourth-order valence-electron chi connectivity index (χ4n) is 3.10. The number of amides is 2. The Morgan fingerprint density at radius 3 is 2.80 bits per heavy atom. The van der Waals surface area contributed by atoms with Crippen LogP contribution in [0.15, 0.2) is 36.5 Å². The van der Waals surface area contributed by atoms with Gasteiger partial charge in [0.1, 0.15) is 0 Å². The van der Waals surface area contributed by atoms with Gasteiger partial charge in [0.2, 0.25) is 23.5 Å². The van der Waals surface area contributed by atoms with Gasteiger partial charge in [-0.05, 0) is 31.5 Å². The zero-order chi connectivity index (χ0) is 21.8. The Hall–Kier alpha value is -3.56. The topological polar surface area (TPSA) is 115 Å². The van der Waals surface area contributed by atoms with Gasteiger partial charge in [-0.15, -0.1) is 0 Å². The Morgan fingerprint density at radius 2 is 2.17 bits per heavy atom. The van der Waals surface area contributed by atoms with Crippen molar-refractivity contribution in [1.29, 1.82) is 0 Å². The van der Waals surface area contributed by atoms with Gasteiger partial charge in [-0.25, -0.2) is 4.98 Å². The summed E-state index contributed by atoms with van der Waals surface area (Å²) in [7, 11) is 0. The van der Waals surface area contributed by atoms with Gasteiger partial charge in [-0.3, -0.25) is 19.7 Å². The number of nitro groups is 1. The van der Waals surface area contributed by atoms with Crippen LogP contribution in [0.2, 0.25) is 0 Å². The molecule has 2 amide bonds. The highest BCUT2D eigenvalue weighted by atomic mass is 19.1. The molecule has 1 aromatic carbocycles. The molecule has 0 bridgehead atoms. The van der Waals surface area contributed by atoms with Crippen molar-refractivity contribution in [3.05, 3.63) is 58.0 Å². The number of nitro benzene ring substituents is 1. The molecule has 3 rings (SSSR count). The van der Waals surface area contributed by atoms with Crippen molar-refractivity contribution < 1.29 is 23.6 Å². The Kier molecular flexibility index (Phi) is 6.24. The quantitative estimate of drug-likeness (QED) is 0.548. The minimum Gasteiger partial charge on any atom is -0.475 e. The summed E-state index contributed by atoms with van der Waals surface area (Å²) in [5.74, 6) is -1.77. The third kappa shape index (κ3) is 4.88. The monoisotopic (exact) mass is 416 g/mol. The van der Waals surface area contributed by atoms with Crippen LogP contribution < -0.4 is 15.0 Å². The second-order valence-corrected chi connectivity index (χ2v) is 7.19. The number of pyridine rings is 1. The van der Waals surface area contributed by atoms with Crippen molar-refractivity contribution in [2.45, 2.75) is 32.9 Å². The summed E-state index contributed by atoms with van der Waals surface area (Å²) in [6.07, 6.45) is 1.58. The minimum atomic E-state index is -0.983. The lowest BCUT2D eigenvalue weighted by atomic mass is 10.1. The van der Waals surface area contributed by atoms with Gasteiger partial charge in [0.15, 0.2) is 0 Å². The van der Waals surface area contributed by atoms with Gasteiger partial charge in [0.05, 0.1) is 22.6 Å². The Labute approximate surface area is 172 Å². The van der Waals surface area contributed by atoms with Crippen LogP contribution in [0, 0.1) is 21.8 Å². The fourth-order valence-corrected chi connectivity index (χ4v) is 3.10. The normalized spacial score (nSPS) is 16.1. The van der Waals surface area contributed by atoms with E-state index < -0.39 is 22.3 Å². The van der Waals surface area contributed by atoms with Crippen molar-refractivity contribution in [1.82, 2.24) is 10.3 Å². The van der Waals surface area contributed by atoms with E-state index >= 15 is 0 Å². The molecule has 1 fully saturated rings. The number of benzene rings is 1. The van der Waals surface area contributed by atoms with Crippen LogP contribution in [0.4, 0.5) is 15.8 Å². The number of hydrogen-bond acceptors (Lipinski definition) is 6. The van der Waals surface area contributed by atoms with Crippen LogP contribution in [-0.2, 0) is 16.1 Å². The predicted octanol–water partition coefficient (Wildman–Crippen LogP) is 2.59. The number of anilines is 1. The average Bonchev–Trinajstić information content (AvgIpc) is 3.08. The number of aromatic nitrogens is 1. The lowest BCUT2D eigenvalue weighted by Gasteiger charge is -2.16. The first-order valence-electron chi connectivity index (χ1n) is 9.38. The van der Waals surface area contributed by atoms with Crippen LogP contribution in [0.3, 0.4) is 0 Å². The van der Waals surface area contributed by atoms with Crippen molar-refractivity contribution in [3.63, 3.8) is 0 Å². The van der Waals surface area contributed by atoms with Gasteiger partial charge in [-0.1, -0.05) is 6.07 Å². The molecule has 2 aromatic rings. The molecule has 1 unspecified atom stereocenters. The second-order valence-electron chi connectivity index (χ2n) is 7.19. The number of nitrogens with one attached hydrogen (secondary N) is 1. The molecule has 1 aromatic heterocycles. The van der Waals surface area contributed by atoms with Gasteiger partial charge < -0.3 is 15.0 Å². The molecule has 158 valence electrons. The molecule has 0 spiro atoms. The summed E-state index contributed by atoms with van der Waals surface area (Å²) in [5, 5.41) is 13.7. The van der Waals surface area contributed by atoms with Gasteiger partial charge >= 0.3 is 5.69 Å². The zero-order valence-corrected chi connectivity index (χ0v) is 16.5. The van der Waals surface area contributed by atoms with E-state index in [4.69, 9.17) is 4.74 Å². The predicted molar refractivity (Wildman–Crippen MR) is 105 cm³/mol. The Morgan fingerprint density at radius 1 is 1.40 bits per heavy atom. The molecular formula is C20H21FN4O5. The van der Waals surface area contributed by atoms with Crippen molar-refractivity contribution in [2.24, 2.45) is 5.92 Å². The van der Waals surface area contributed by atoms with Crippen LogP contribution in [0.1, 0.15) is 25.8 Å². The molecule has 1 saturated heterocycles. The molecule has 10 heteroatoms. The SMILES string of the molecule is CC(C)Oc1ccc(CNC(=O)C2CC(=O)N(c3ccc(F)c([N+](=O)[O-])c3)C2)cn1. The number of nitrogens with zero attached hydrogens (tertiary/aromatic N) is 3. The molecular weight excluding hydrogens is 395 g/mol. The molecule has 2 heterocycles. The summed E-state index contributed by atoms with van der Waals surface area (Å²) < 4.78 is 19.0. The largest absolute Gasteiger partial charge is 0.475 e. The number of rotatable bonds is 7. The summed E-state index contributed by atoms with van der Waals surface area (Å²) in [6.45, 7) is 4.09. The molecule has 0 saturated carbocycles. The van der Waals surface area contributed by atoms with E-state index in [0.29, 0.717) is 5.88 Å². The third-order valence-electron chi connectivity index (χ3n) is 4.55. The Balaban J connectivity index is 1.60. The highest BCUT2D eigenvalue weighted by Gasteiger charge is 2.35. The number of carbonyl (C=O) groups excluding carboxylic acids is 2. The van der Waals surface area contributed by atoms with E-state index in [2.05, 4.69) is 10.3 Å². The second kappa shape index (κ2) is 8.85. The number of hydrogen-bond donors (Lipinski definition) is 1. The molecule has 1 N–H and O–H groups in total. The first-order valence-corrected chi connectivity index (χ1v) is 9.38. The number of carbonyl (C=O) groups is 2. The van der Waals surface area contributed by atoms with Gasteiger partial charge in [-0.2, -0.15) is 4.39 Å². The lowest BCUT2D eigenvalue weighted by molar-refractivity contribution is -0.387. The third-order valence-corrected chi connectivity index (χ3v) is 4.55. The lowest BCUT2D eigenvalue weighted by Crippen LogP contribution is -2.32. The van der Waals surface area contributed by atoms with Crippen LogP contribution >= 0.6 is 0 Å². The molecule has 1 aliphatic heterocycles. The van der Waals surface area contributed by atoms with Crippen LogP contribution in [-0.4, -0.2) is 34.4 Å². The van der Waals surface area contributed by atoms with E-state index in [1.807, 2.05) is 13.8 Å². The summed E-state index contributed by atoms with van der Waals surface area (Å²) >= 11 is 0. The Bertz CT molecular complexity index is 964. The van der Waals surface area contributed by atoms with Crippen LogP contribution in [0.5, 0.6) is 5.88 Å². The van der Waals surface area contributed by atoms with E-state index in [9.17, 15) is 24.1 Å². The average molecular weight is 416 g/mol. The van der Waals surface area contributed by atoms with E-state index in [-0.39, 0.29) is 43.1 Å². The maximum absolute atomic E-state index is 13.5. The maximum Gasteiger partial charge on any atom is 0.306 e. The highest BCUT2D eigenvalue weighted by Crippen LogP contribution is 2.29. The van der Waals surface area contributed by atoms with Gasteiger partial charge in [0.25, 0.3) is 0 Å². The first kappa shape index (κ1) is 21.2. The van der Waals surface area contributed by atoms with E-state index in [1.165, 1.54) is 11.0 Å². The van der Waals surface area contributed by atoms with Crippen molar-refractivity contribution in [2.75, 3.05) is 11.4 Å². The first-order chi connectivity index (χ1) is 14.2. The molecule has 0 radical (unpaired) electrons. The molecule has 1 aliphatic rings. The van der Waals surface area contributed by atoms with E-state index in [0.717, 1.165) is 17.7 Å². The van der Waals surface area contributed by atoms with Crippen molar-refractivity contribution in [3.8, 4) is 5.88 Å². The molecule has 1 atom stereocenters.